The molecule has 3 aliphatic rings. The first-order chi connectivity index (χ1) is 4.45. The lowest BCUT2D eigenvalue weighted by Gasteiger charge is -2.17. The molecule has 2 aliphatic heterocycles. The molecule has 2 heterocycles. The zero-order valence-electron chi connectivity index (χ0n) is 5.64. The molecule has 2 atom stereocenters. The van der Waals surface area contributed by atoms with Gasteiger partial charge >= 0.3 is 0 Å². The van der Waals surface area contributed by atoms with E-state index < -0.39 is 0 Å². The summed E-state index contributed by atoms with van der Waals surface area (Å²) in [5.74, 6) is 0.851. The maximum atomic E-state index is 3.49. The molecule has 3 rings (SSSR count). The van der Waals surface area contributed by atoms with Gasteiger partial charge in [-0.2, -0.15) is 0 Å². The van der Waals surface area contributed by atoms with Gasteiger partial charge in [-0.3, -0.25) is 0 Å². The fraction of sp³-hybridized carbons (Fsp3) is 0.750. The number of hydrogen-bond acceptors (Lipinski definition) is 1. The van der Waals surface area contributed by atoms with Crippen molar-refractivity contribution in [1.29, 1.82) is 0 Å². The Hall–Kier alpha value is -0.300. The smallest absolute Gasteiger partial charge is 0.0250 e. The van der Waals surface area contributed by atoms with Crippen molar-refractivity contribution < 1.29 is 0 Å². The third kappa shape index (κ3) is 1.01. The van der Waals surface area contributed by atoms with Crippen LogP contribution in [0.2, 0.25) is 0 Å². The van der Waals surface area contributed by atoms with Crippen LogP contribution in [-0.2, 0) is 0 Å². The first-order valence-electron chi connectivity index (χ1n) is 3.87. The number of fused-ring (bicyclic) bond motifs is 3. The minimum atomic E-state index is 0.712. The average Bonchev–Trinajstić information content (AvgIpc) is 2.21. The molecular weight excluding hydrogens is 110 g/mol. The van der Waals surface area contributed by atoms with Gasteiger partial charge in [0.05, 0.1) is 0 Å². The third-order valence-corrected chi connectivity index (χ3v) is 2.35. The second-order valence-electron chi connectivity index (χ2n) is 3.09. The van der Waals surface area contributed by atoms with Crippen LogP contribution in [0.25, 0.3) is 0 Å². The standard InChI is InChI=1S/C8H13N/c1-2-7-4-5-8(3-1)9-6-7/h4-5,7-9H,1-3,6H2. The van der Waals surface area contributed by atoms with Crippen LogP contribution in [0.3, 0.4) is 0 Å². The van der Waals surface area contributed by atoms with E-state index in [0.717, 1.165) is 5.92 Å². The lowest BCUT2D eigenvalue weighted by atomic mass is 10.0. The van der Waals surface area contributed by atoms with Gasteiger partial charge in [0, 0.05) is 12.6 Å². The summed E-state index contributed by atoms with van der Waals surface area (Å²) in [6.07, 6.45) is 8.89. The van der Waals surface area contributed by atoms with Crippen molar-refractivity contribution in [1.82, 2.24) is 5.32 Å². The van der Waals surface area contributed by atoms with Gasteiger partial charge in [-0.05, 0) is 18.8 Å². The van der Waals surface area contributed by atoms with Crippen molar-refractivity contribution in [3.63, 3.8) is 0 Å². The van der Waals surface area contributed by atoms with Gasteiger partial charge in [-0.1, -0.05) is 18.6 Å². The highest BCUT2D eigenvalue weighted by atomic mass is 14.9. The predicted octanol–water partition coefficient (Wildman–Crippen LogP) is 1.31. The average molecular weight is 123 g/mol. The molecule has 1 N–H and O–H groups in total. The molecule has 9 heavy (non-hydrogen) atoms. The van der Waals surface area contributed by atoms with Crippen LogP contribution in [0.1, 0.15) is 19.3 Å². The van der Waals surface area contributed by atoms with Crippen LogP contribution in [0.4, 0.5) is 0 Å². The Kier molecular flexibility index (Phi) is 1.31. The van der Waals surface area contributed by atoms with E-state index in [0.29, 0.717) is 6.04 Å². The fourth-order valence-corrected chi connectivity index (χ4v) is 1.73. The highest BCUT2D eigenvalue weighted by molar-refractivity contribution is 5.04. The molecule has 0 radical (unpaired) electrons. The van der Waals surface area contributed by atoms with Crippen LogP contribution in [0.5, 0.6) is 0 Å². The van der Waals surface area contributed by atoms with Gasteiger partial charge in [-0.15, -0.1) is 0 Å². The lowest BCUT2D eigenvalue weighted by molar-refractivity contribution is 0.530. The Morgan fingerprint density at radius 2 is 2.22 bits per heavy atom. The van der Waals surface area contributed by atoms with E-state index in [9.17, 15) is 0 Å². The molecule has 0 amide bonds. The normalized spacial score (nSPS) is 40.9. The van der Waals surface area contributed by atoms with Crippen LogP contribution in [0, 0.1) is 5.92 Å². The summed E-state index contributed by atoms with van der Waals surface area (Å²) in [5, 5.41) is 3.49. The van der Waals surface area contributed by atoms with Crippen LogP contribution in [0.15, 0.2) is 12.2 Å². The second kappa shape index (κ2) is 2.14. The molecule has 1 nitrogen and oxygen atoms in total. The second-order valence-corrected chi connectivity index (χ2v) is 3.09. The van der Waals surface area contributed by atoms with Gasteiger partial charge in [0.2, 0.25) is 0 Å². The molecule has 0 aromatic rings. The van der Waals surface area contributed by atoms with Crippen molar-refractivity contribution in [2.75, 3.05) is 6.54 Å². The van der Waals surface area contributed by atoms with E-state index in [2.05, 4.69) is 17.5 Å². The van der Waals surface area contributed by atoms with Crippen LogP contribution < -0.4 is 5.32 Å². The first kappa shape index (κ1) is 5.48. The molecule has 0 aromatic heterocycles. The molecule has 50 valence electrons. The molecule has 0 saturated carbocycles. The van der Waals surface area contributed by atoms with Crippen molar-refractivity contribution in [3.8, 4) is 0 Å². The topological polar surface area (TPSA) is 12.0 Å². The summed E-state index contributed by atoms with van der Waals surface area (Å²) in [4.78, 5) is 0. The van der Waals surface area contributed by atoms with E-state index in [1.807, 2.05) is 0 Å². The van der Waals surface area contributed by atoms with Crippen molar-refractivity contribution in [3.05, 3.63) is 12.2 Å². The summed E-state index contributed by atoms with van der Waals surface area (Å²) in [7, 11) is 0. The predicted molar refractivity (Wildman–Crippen MR) is 38.3 cm³/mol. The fourth-order valence-electron chi connectivity index (χ4n) is 1.73. The first-order valence-corrected chi connectivity index (χ1v) is 3.87. The number of nitrogens with one attached hydrogen (secondary N) is 1. The molecule has 0 aromatic carbocycles. The Labute approximate surface area is 56.1 Å². The zero-order chi connectivity index (χ0) is 6.10. The monoisotopic (exact) mass is 123 g/mol. The maximum absolute atomic E-state index is 3.49. The quantitative estimate of drug-likeness (QED) is 0.479. The largest absolute Gasteiger partial charge is 0.310 e. The van der Waals surface area contributed by atoms with Crippen molar-refractivity contribution in [2.45, 2.75) is 25.3 Å². The molecule has 1 heteroatoms. The van der Waals surface area contributed by atoms with E-state index in [-0.39, 0.29) is 0 Å². The van der Waals surface area contributed by atoms with Gasteiger partial charge in [0.1, 0.15) is 0 Å². The number of hydrogen-bond donors (Lipinski definition) is 1. The minimum absolute atomic E-state index is 0.712. The van der Waals surface area contributed by atoms with Gasteiger partial charge < -0.3 is 5.32 Å². The molecule has 0 spiro atoms. The third-order valence-electron chi connectivity index (χ3n) is 2.35. The molecule has 1 saturated heterocycles. The number of rotatable bonds is 0. The van der Waals surface area contributed by atoms with Crippen LogP contribution >= 0.6 is 0 Å². The Bertz CT molecular complexity index is 111. The summed E-state index contributed by atoms with van der Waals surface area (Å²) in [5.41, 5.74) is 0. The minimum Gasteiger partial charge on any atom is -0.310 e. The summed E-state index contributed by atoms with van der Waals surface area (Å²) in [6.45, 7) is 1.22. The van der Waals surface area contributed by atoms with E-state index in [4.69, 9.17) is 0 Å². The highest BCUT2D eigenvalue weighted by Gasteiger charge is 2.18. The van der Waals surface area contributed by atoms with E-state index >= 15 is 0 Å². The zero-order valence-corrected chi connectivity index (χ0v) is 5.64. The Balaban J connectivity index is 2.15. The molecule has 2 unspecified atom stereocenters. The molecule has 2 bridgehead atoms. The molecular formula is C8H13N. The summed E-state index contributed by atoms with van der Waals surface area (Å²) < 4.78 is 0. The van der Waals surface area contributed by atoms with Gasteiger partial charge in [0.25, 0.3) is 0 Å². The molecule has 1 fully saturated rings. The van der Waals surface area contributed by atoms with Crippen molar-refractivity contribution in [2.24, 2.45) is 5.92 Å². The Morgan fingerprint density at radius 3 is 3.00 bits per heavy atom. The van der Waals surface area contributed by atoms with E-state index in [1.165, 1.54) is 25.8 Å². The van der Waals surface area contributed by atoms with E-state index in [1.54, 1.807) is 0 Å². The van der Waals surface area contributed by atoms with Gasteiger partial charge in [-0.25, -0.2) is 0 Å². The highest BCUT2D eigenvalue weighted by Crippen LogP contribution is 2.20. The maximum Gasteiger partial charge on any atom is 0.0250 e. The van der Waals surface area contributed by atoms with Gasteiger partial charge in [0.15, 0.2) is 0 Å². The Morgan fingerprint density at radius 1 is 1.22 bits per heavy atom. The molecule has 1 aliphatic carbocycles. The van der Waals surface area contributed by atoms with Crippen molar-refractivity contribution >= 4 is 0 Å². The summed E-state index contributed by atoms with van der Waals surface area (Å²) >= 11 is 0. The lowest BCUT2D eigenvalue weighted by Crippen LogP contribution is -2.32. The SMILES string of the molecule is C1=CC2CCCC1CN2. The summed E-state index contributed by atoms with van der Waals surface area (Å²) in [6, 6.07) is 0.712. The van der Waals surface area contributed by atoms with Crippen LogP contribution in [-0.4, -0.2) is 12.6 Å².